The number of carbonyl (C=O) groups excluding carboxylic acids is 1. The number of benzene rings is 2. The van der Waals surface area contributed by atoms with Gasteiger partial charge in [-0.05, 0) is 12.1 Å². The van der Waals surface area contributed by atoms with E-state index < -0.39 is 0 Å². The maximum absolute atomic E-state index is 13.1. The first-order valence-electron chi connectivity index (χ1n) is 7.32. The van der Waals surface area contributed by atoms with Gasteiger partial charge in [-0.25, -0.2) is 0 Å². The van der Waals surface area contributed by atoms with E-state index in [1.165, 1.54) is 18.9 Å². The molecule has 1 aromatic heterocycles. The Balaban J connectivity index is 2.16. The van der Waals surface area contributed by atoms with Crippen LogP contribution < -0.4 is 15.2 Å². The average Bonchev–Trinajstić information content (AvgIpc) is 3.03. The molecule has 0 spiro atoms. The number of ether oxygens (including phenoxy) is 2. The maximum atomic E-state index is 13.1. The molecule has 0 aliphatic heterocycles. The summed E-state index contributed by atoms with van der Waals surface area (Å²) in [5, 5.41) is 4.15. The quantitative estimate of drug-likeness (QED) is 0.798. The molecule has 0 fully saturated rings. The van der Waals surface area contributed by atoms with E-state index in [0.717, 1.165) is 5.56 Å². The van der Waals surface area contributed by atoms with Crippen LogP contribution >= 0.6 is 0 Å². The topological polar surface area (TPSA) is 79.4 Å². The van der Waals surface area contributed by atoms with Crippen molar-refractivity contribution in [2.45, 2.75) is 0 Å². The molecule has 0 amide bonds. The summed E-state index contributed by atoms with van der Waals surface area (Å²) in [6.45, 7) is 0. The van der Waals surface area contributed by atoms with E-state index in [1.807, 2.05) is 30.3 Å². The Labute approximate surface area is 139 Å². The fourth-order valence-electron chi connectivity index (χ4n) is 2.54. The van der Waals surface area contributed by atoms with Gasteiger partial charge in [0.15, 0.2) is 0 Å². The molecule has 2 aromatic carbocycles. The standard InChI is InChI=1S/C18H17N3O3/c1-23-14-9-6-10-15(24-2)17(14)18(22)21-13(11-16(19)20-21)12-7-4-3-5-8-12/h3-11H,1-2H3,(H2,19,20). The molecule has 0 unspecified atom stereocenters. The Bertz CT molecular complexity index is 850. The predicted molar refractivity (Wildman–Crippen MR) is 91.3 cm³/mol. The van der Waals surface area contributed by atoms with Crippen molar-refractivity contribution >= 4 is 11.7 Å². The molecule has 122 valence electrons. The van der Waals surface area contributed by atoms with Crippen molar-refractivity contribution in [3.05, 3.63) is 60.2 Å². The fourth-order valence-corrected chi connectivity index (χ4v) is 2.54. The molecule has 0 saturated carbocycles. The molecule has 0 bridgehead atoms. The first-order valence-corrected chi connectivity index (χ1v) is 7.32. The zero-order valence-corrected chi connectivity index (χ0v) is 13.4. The second-order valence-electron chi connectivity index (χ2n) is 5.07. The molecular formula is C18H17N3O3. The summed E-state index contributed by atoms with van der Waals surface area (Å²) < 4.78 is 11.9. The molecule has 2 N–H and O–H groups in total. The average molecular weight is 323 g/mol. The van der Waals surface area contributed by atoms with Gasteiger partial charge in [0.2, 0.25) is 0 Å². The number of carbonyl (C=O) groups is 1. The first-order chi connectivity index (χ1) is 11.7. The van der Waals surface area contributed by atoms with E-state index >= 15 is 0 Å². The van der Waals surface area contributed by atoms with E-state index in [2.05, 4.69) is 5.10 Å². The Morgan fingerprint density at radius 3 is 2.21 bits per heavy atom. The van der Waals surface area contributed by atoms with Gasteiger partial charge < -0.3 is 15.2 Å². The van der Waals surface area contributed by atoms with E-state index in [1.54, 1.807) is 24.3 Å². The second-order valence-corrected chi connectivity index (χ2v) is 5.07. The number of nitrogens with two attached hydrogens (primary N) is 1. The van der Waals surface area contributed by atoms with Crippen LogP contribution in [0.5, 0.6) is 11.5 Å². The number of hydrogen-bond donors (Lipinski definition) is 1. The van der Waals surface area contributed by atoms with Gasteiger partial charge in [-0.3, -0.25) is 4.79 Å². The number of nitrogen functional groups attached to an aromatic ring is 1. The molecule has 6 heteroatoms. The Hall–Kier alpha value is -3.28. The molecule has 3 aromatic rings. The Morgan fingerprint density at radius 1 is 1.00 bits per heavy atom. The third-order valence-corrected chi connectivity index (χ3v) is 3.63. The lowest BCUT2D eigenvalue weighted by Crippen LogP contribution is -2.17. The summed E-state index contributed by atoms with van der Waals surface area (Å²) in [7, 11) is 3.00. The van der Waals surface area contributed by atoms with E-state index in [9.17, 15) is 4.79 Å². The number of methoxy groups -OCH3 is 2. The van der Waals surface area contributed by atoms with Gasteiger partial charge in [-0.15, -0.1) is 5.10 Å². The van der Waals surface area contributed by atoms with E-state index in [-0.39, 0.29) is 11.7 Å². The van der Waals surface area contributed by atoms with Crippen LogP contribution in [-0.2, 0) is 0 Å². The van der Waals surface area contributed by atoms with Crippen molar-refractivity contribution in [2.75, 3.05) is 20.0 Å². The fraction of sp³-hybridized carbons (Fsp3) is 0.111. The molecule has 0 saturated heterocycles. The zero-order chi connectivity index (χ0) is 17.1. The molecule has 0 radical (unpaired) electrons. The van der Waals surface area contributed by atoms with Crippen LogP contribution in [0.1, 0.15) is 10.4 Å². The molecule has 0 atom stereocenters. The molecule has 3 rings (SSSR count). The van der Waals surface area contributed by atoms with Crippen LogP contribution in [0.2, 0.25) is 0 Å². The van der Waals surface area contributed by atoms with Crippen LogP contribution in [0.25, 0.3) is 11.3 Å². The van der Waals surface area contributed by atoms with Gasteiger partial charge in [0.05, 0.1) is 19.9 Å². The summed E-state index contributed by atoms with van der Waals surface area (Å²) in [6, 6.07) is 16.3. The minimum Gasteiger partial charge on any atom is -0.496 e. The molecule has 6 nitrogen and oxygen atoms in total. The summed E-state index contributed by atoms with van der Waals surface area (Å²) in [5.41, 5.74) is 7.56. The van der Waals surface area contributed by atoms with Gasteiger partial charge in [-0.2, -0.15) is 4.68 Å². The third kappa shape index (κ3) is 2.69. The number of aromatic nitrogens is 2. The number of hydrogen-bond acceptors (Lipinski definition) is 5. The summed E-state index contributed by atoms with van der Waals surface area (Å²) in [5.74, 6) is 0.704. The van der Waals surface area contributed by atoms with Gasteiger partial charge in [-0.1, -0.05) is 36.4 Å². The lowest BCUT2D eigenvalue weighted by Gasteiger charge is -2.13. The lowest BCUT2D eigenvalue weighted by molar-refractivity contribution is 0.0941. The second kappa shape index (κ2) is 6.45. The number of anilines is 1. The van der Waals surface area contributed by atoms with Crippen LogP contribution in [0.15, 0.2) is 54.6 Å². The van der Waals surface area contributed by atoms with Gasteiger partial charge >= 0.3 is 0 Å². The van der Waals surface area contributed by atoms with Crippen molar-refractivity contribution in [1.29, 1.82) is 0 Å². The highest BCUT2D eigenvalue weighted by Crippen LogP contribution is 2.31. The molecule has 1 heterocycles. The Kier molecular flexibility index (Phi) is 4.20. The number of nitrogens with zero attached hydrogens (tertiary/aromatic N) is 2. The smallest absolute Gasteiger partial charge is 0.286 e. The number of rotatable bonds is 4. The van der Waals surface area contributed by atoms with Crippen LogP contribution in [0.3, 0.4) is 0 Å². The lowest BCUT2D eigenvalue weighted by atomic mass is 10.1. The third-order valence-electron chi connectivity index (χ3n) is 3.63. The van der Waals surface area contributed by atoms with E-state index in [4.69, 9.17) is 15.2 Å². The highest BCUT2D eigenvalue weighted by molar-refractivity contribution is 6.02. The van der Waals surface area contributed by atoms with Gasteiger partial charge in [0, 0.05) is 11.6 Å². The van der Waals surface area contributed by atoms with Crippen molar-refractivity contribution in [2.24, 2.45) is 0 Å². The SMILES string of the molecule is COc1cccc(OC)c1C(=O)n1nc(N)cc1-c1ccccc1. The van der Waals surface area contributed by atoms with Gasteiger partial charge in [0.25, 0.3) is 5.91 Å². The van der Waals surface area contributed by atoms with E-state index in [0.29, 0.717) is 22.8 Å². The summed E-state index contributed by atoms with van der Waals surface area (Å²) in [6.07, 6.45) is 0. The van der Waals surface area contributed by atoms with Crippen molar-refractivity contribution in [3.8, 4) is 22.8 Å². The molecule has 0 aliphatic rings. The van der Waals surface area contributed by atoms with Crippen molar-refractivity contribution in [3.63, 3.8) is 0 Å². The van der Waals surface area contributed by atoms with Crippen LogP contribution in [0, 0.1) is 0 Å². The maximum Gasteiger partial charge on any atom is 0.286 e. The minimum atomic E-state index is -0.375. The highest BCUT2D eigenvalue weighted by Gasteiger charge is 2.23. The van der Waals surface area contributed by atoms with Crippen LogP contribution in [0.4, 0.5) is 5.82 Å². The minimum absolute atomic E-state index is 0.260. The van der Waals surface area contributed by atoms with Crippen molar-refractivity contribution in [1.82, 2.24) is 9.78 Å². The molecule has 0 aliphatic carbocycles. The predicted octanol–water partition coefficient (Wildman–Crippen LogP) is 2.84. The molecule has 24 heavy (non-hydrogen) atoms. The monoisotopic (exact) mass is 323 g/mol. The summed E-state index contributed by atoms with van der Waals surface area (Å²) in [4.78, 5) is 13.1. The normalized spacial score (nSPS) is 10.4. The van der Waals surface area contributed by atoms with Crippen LogP contribution in [-0.4, -0.2) is 29.9 Å². The van der Waals surface area contributed by atoms with Gasteiger partial charge in [0.1, 0.15) is 22.9 Å². The zero-order valence-electron chi connectivity index (χ0n) is 13.4. The molecular weight excluding hydrogens is 306 g/mol. The largest absolute Gasteiger partial charge is 0.496 e. The summed E-state index contributed by atoms with van der Waals surface area (Å²) >= 11 is 0. The van der Waals surface area contributed by atoms with Crippen molar-refractivity contribution < 1.29 is 14.3 Å². The highest BCUT2D eigenvalue weighted by atomic mass is 16.5. The Morgan fingerprint density at radius 2 is 1.62 bits per heavy atom. The first kappa shape index (κ1) is 15.6.